The highest BCUT2D eigenvalue weighted by molar-refractivity contribution is 6.35. The molecule has 5 nitrogen and oxygen atoms in total. The van der Waals surface area contributed by atoms with E-state index in [-0.39, 0.29) is 12.5 Å². The van der Waals surface area contributed by atoms with Gasteiger partial charge in [0.2, 0.25) is 0 Å². The third-order valence-corrected chi connectivity index (χ3v) is 3.31. The first kappa shape index (κ1) is 18.6. The van der Waals surface area contributed by atoms with Crippen molar-refractivity contribution in [2.24, 2.45) is 5.92 Å². The lowest BCUT2D eigenvalue weighted by Crippen LogP contribution is -2.44. The summed E-state index contributed by atoms with van der Waals surface area (Å²) in [5.41, 5.74) is 0. The van der Waals surface area contributed by atoms with Crippen molar-refractivity contribution in [2.75, 3.05) is 13.7 Å². The molecule has 22 heavy (non-hydrogen) atoms. The predicted molar refractivity (Wildman–Crippen MR) is 85.4 cm³/mol. The molecule has 0 aliphatic rings. The maximum absolute atomic E-state index is 11.9. The summed E-state index contributed by atoms with van der Waals surface area (Å²) in [6, 6.07) is 4.01. The van der Waals surface area contributed by atoms with Crippen molar-refractivity contribution >= 4 is 35.1 Å². The zero-order valence-corrected chi connectivity index (χ0v) is 14.2. The zero-order chi connectivity index (χ0) is 16.7. The van der Waals surface area contributed by atoms with Gasteiger partial charge in [-0.05, 0) is 30.5 Å². The van der Waals surface area contributed by atoms with Crippen LogP contribution in [0.4, 0.5) is 0 Å². The number of halogens is 2. The van der Waals surface area contributed by atoms with Gasteiger partial charge in [0.05, 0.1) is 12.1 Å². The van der Waals surface area contributed by atoms with Crippen LogP contribution < -0.4 is 10.1 Å². The van der Waals surface area contributed by atoms with E-state index < -0.39 is 17.9 Å². The molecular formula is C15H19Cl2NO4. The minimum Gasteiger partial charge on any atom is -0.482 e. The summed E-state index contributed by atoms with van der Waals surface area (Å²) in [7, 11) is 1.28. The number of carbonyl (C=O) groups is 2. The molecule has 7 heteroatoms. The largest absolute Gasteiger partial charge is 0.482 e. The third kappa shape index (κ3) is 6.12. The molecule has 0 heterocycles. The van der Waals surface area contributed by atoms with Crippen LogP contribution in [0.25, 0.3) is 0 Å². The number of benzene rings is 1. The highest BCUT2D eigenvalue weighted by Crippen LogP contribution is 2.27. The average molecular weight is 348 g/mol. The first-order valence-electron chi connectivity index (χ1n) is 6.78. The van der Waals surface area contributed by atoms with Gasteiger partial charge in [0.25, 0.3) is 5.91 Å². The van der Waals surface area contributed by atoms with Crippen LogP contribution >= 0.6 is 23.2 Å². The summed E-state index contributed by atoms with van der Waals surface area (Å²) in [6.07, 6.45) is 0.486. The predicted octanol–water partition coefficient (Wildman–Crippen LogP) is 3.08. The van der Waals surface area contributed by atoms with Crippen molar-refractivity contribution < 1.29 is 19.1 Å². The van der Waals surface area contributed by atoms with Crippen LogP contribution in [0.3, 0.4) is 0 Å². The molecule has 1 aromatic carbocycles. The van der Waals surface area contributed by atoms with Gasteiger partial charge in [-0.15, -0.1) is 0 Å². The second-order valence-corrected chi connectivity index (χ2v) is 5.98. The van der Waals surface area contributed by atoms with Gasteiger partial charge in [0.1, 0.15) is 11.8 Å². The van der Waals surface area contributed by atoms with Gasteiger partial charge in [-0.1, -0.05) is 37.0 Å². The molecule has 0 aliphatic heterocycles. The molecule has 0 fully saturated rings. The smallest absolute Gasteiger partial charge is 0.328 e. The van der Waals surface area contributed by atoms with E-state index in [1.165, 1.54) is 13.2 Å². The monoisotopic (exact) mass is 347 g/mol. The Morgan fingerprint density at radius 1 is 1.27 bits per heavy atom. The minimum absolute atomic E-state index is 0.232. The number of carbonyl (C=O) groups excluding carboxylic acids is 2. The molecule has 0 saturated carbocycles. The first-order chi connectivity index (χ1) is 10.3. The second-order valence-electron chi connectivity index (χ2n) is 5.14. The summed E-state index contributed by atoms with van der Waals surface area (Å²) < 4.78 is 10.00. The number of rotatable bonds is 7. The summed E-state index contributed by atoms with van der Waals surface area (Å²) in [6.45, 7) is 3.64. The first-order valence-corrected chi connectivity index (χ1v) is 7.54. The Kier molecular flexibility index (Phi) is 7.48. The molecular weight excluding hydrogens is 329 g/mol. The van der Waals surface area contributed by atoms with E-state index in [1.54, 1.807) is 12.1 Å². The molecule has 1 unspecified atom stereocenters. The lowest BCUT2D eigenvalue weighted by Gasteiger charge is -2.18. The molecule has 0 aromatic heterocycles. The highest BCUT2D eigenvalue weighted by atomic mass is 35.5. The Morgan fingerprint density at radius 3 is 2.50 bits per heavy atom. The summed E-state index contributed by atoms with van der Waals surface area (Å²) in [4.78, 5) is 23.5. The molecule has 1 atom stereocenters. The van der Waals surface area contributed by atoms with Gasteiger partial charge in [-0.3, -0.25) is 4.79 Å². The van der Waals surface area contributed by atoms with Crippen molar-refractivity contribution in [1.29, 1.82) is 0 Å². The van der Waals surface area contributed by atoms with Gasteiger partial charge in [0.15, 0.2) is 6.61 Å². The molecule has 1 N–H and O–H groups in total. The molecule has 0 radical (unpaired) electrons. The van der Waals surface area contributed by atoms with Crippen LogP contribution in [-0.2, 0) is 14.3 Å². The number of hydrogen-bond donors (Lipinski definition) is 1. The fraction of sp³-hybridized carbons (Fsp3) is 0.467. The number of nitrogens with one attached hydrogen (secondary N) is 1. The summed E-state index contributed by atoms with van der Waals surface area (Å²) in [5.74, 6) is -0.329. The lowest BCUT2D eigenvalue weighted by atomic mass is 10.0. The quantitative estimate of drug-likeness (QED) is 0.769. The third-order valence-electron chi connectivity index (χ3n) is 2.78. The summed E-state index contributed by atoms with van der Waals surface area (Å²) in [5, 5.41) is 3.38. The number of hydrogen-bond acceptors (Lipinski definition) is 4. The molecule has 0 bridgehead atoms. The van der Waals surface area contributed by atoms with Gasteiger partial charge < -0.3 is 14.8 Å². The van der Waals surface area contributed by atoms with E-state index in [9.17, 15) is 9.59 Å². The van der Waals surface area contributed by atoms with Crippen molar-refractivity contribution in [3.8, 4) is 5.75 Å². The number of ether oxygens (including phenoxy) is 2. The van der Waals surface area contributed by atoms with E-state index in [1.807, 2.05) is 13.8 Å². The number of amides is 1. The van der Waals surface area contributed by atoms with Crippen LogP contribution in [-0.4, -0.2) is 31.6 Å². The Morgan fingerprint density at radius 2 is 1.95 bits per heavy atom. The van der Waals surface area contributed by atoms with Gasteiger partial charge in [-0.25, -0.2) is 4.79 Å². The molecule has 0 aliphatic carbocycles. The average Bonchev–Trinajstić information content (AvgIpc) is 2.44. The van der Waals surface area contributed by atoms with Crippen LogP contribution in [0.2, 0.25) is 10.0 Å². The standard InChI is InChI=1S/C15H19Cl2NO4/c1-9(2)6-12(15(20)21-3)18-14(19)8-22-13-5-4-10(16)7-11(13)17/h4-5,7,9,12H,6,8H2,1-3H3,(H,18,19). The van der Waals surface area contributed by atoms with Gasteiger partial charge in [-0.2, -0.15) is 0 Å². The summed E-state index contributed by atoms with van der Waals surface area (Å²) >= 11 is 11.7. The van der Waals surface area contributed by atoms with E-state index in [2.05, 4.69) is 10.1 Å². The molecule has 122 valence electrons. The van der Waals surface area contributed by atoms with Crippen molar-refractivity contribution in [1.82, 2.24) is 5.32 Å². The molecule has 0 saturated heterocycles. The minimum atomic E-state index is -0.693. The lowest BCUT2D eigenvalue weighted by molar-refractivity contribution is -0.145. The topological polar surface area (TPSA) is 64.6 Å². The molecule has 0 spiro atoms. The van der Waals surface area contributed by atoms with E-state index in [0.717, 1.165) is 0 Å². The van der Waals surface area contributed by atoms with E-state index >= 15 is 0 Å². The molecule has 1 rings (SSSR count). The molecule has 1 aromatic rings. The van der Waals surface area contributed by atoms with Gasteiger partial charge >= 0.3 is 5.97 Å². The van der Waals surface area contributed by atoms with Crippen LogP contribution in [0.15, 0.2) is 18.2 Å². The fourth-order valence-corrected chi connectivity index (χ4v) is 2.26. The maximum atomic E-state index is 11.9. The van der Waals surface area contributed by atoms with Crippen molar-refractivity contribution in [3.05, 3.63) is 28.2 Å². The van der Waals surface area contributed by atoms with Crippen LogP contribution in [0.5, 0.6) is 5.75 Å². The van der Waals surface area contributed by atoms with Crippen molar-refractivity contribution in [3.63, 3.8) is 0 Å². The normalized spacial score (nSPS) is 11.9. The van der Waals surface area contributed by atoms with Crippen molar-refractivity contribution in [2.45, 2.75) is 26.3 Å². The Hall–Kier alpha value is -1.46. The van der Waals surface area contributed by atoms with Crippen LogP contribution in [0, 0.1) is 5.92 Å². The number of esters is 1. The zero-order valence-electron chi connectivity index (χ0n) is 12.7. The SMILES string of the molecule is COC(=O)C(CC(C)C)NC(=O)COc1ccc(Cl)cc1Cl. The Bertz CT molecular complexity index is 534. The van der Waals surface area contributed by atoms with E-state index in [4.69, 9.17) is 27.9 Å². The van der Waals surface area contributed by atoms with E-state index in [0.29, 0.717) is 22.2 Å². The Balaban J connectivity index is 2.58. The highest BCUT2D eigenvalue weighted by Gasteiger charge is 2.22. The van der Waals surface area contributed by atoms with Crippen LogP contribution in [0.1, 0.15) is 20.3 Å². The number of methoxy groups -OCH3 is 1. The second kappa shape index (κ2) is 8.86. The Labute approximate surface area is 139 Å². The van der Waals surface area contributed by atoms with Gasteiger partial charge in [0, 0.05) is 5.02 Å². The molecule has 1 amide bonds. The maximum Gasteiger partial charge on any atom is 0.328 e. The fourth-order valence-electron chi connectivity index (χ4n) is 1.80.